The number of hydrogen-bond donors (Lipinski definition) is 2. The van der Waals surface area contributed by atoms with Crippen molar-refractivity contribution in [3.8, 4) is 5.75 Å². The van der Waals surface area contributed by atoms with Crippen molar-refractivity contribution in [2.45, 2.75) is 0 Å². The predicted octanol–water partition coefficient (Wildman–Crippen LogP) is 4.05. The number of benzene rings is 2. The van der Waals surface area contributed by atoms with Crippen LogP contribution in [0.15, 0.2) is 60.0 Å². The highest BCUT2D eigenvalue weighted by molar-refractivity contribution is 8.27. The fraction of sp³-hybridized carbons (Fsp3) is 0.0476. The normalized spacial score (nSPS) is 14.8. The van der Waals surface area contributed by atoms with E-state index in [4.69, 9.17) is 17.0 Å². The van der Waals surface area contributed by atoms with E-state index in [0.29, 0.717) is 22.8 Å². The zero-order valence-corrected chi connectivity index (χ0v) is 17.0. The summed E-state index contributed by atoms with van der Waals surface area (Å²) in [6, 6.07) is 10.6. The number of aromatic carboxylic acids is 2. The van der Waals surface area contributed by atoms with E-state index in [1.807, 2.05) is 0 Å². The minimum atomic E-state index is -1.31. The van der Waals surface area contributed by atoms with Crippen LogP contribution in [0, 0.1) is 0 Å². The van der Waals surface area contributed by atoms with Crippen molar-refractivity contribution in [2.75, 3.05) is 11.5 Å². The second-order valence-corrected chi connectivity index (χ2v) is 7.71. The molecule has 0 unspecified atom stereocenters. The van der Waals surface area contributed by atoms with Crippen LogP contribution in [-0.2, 0) is 4.79 Å². The maximum absolute atomic E-state index is 13.0. The molecule has 9 heteroatoms. The number of rotatable bonds is 7. The summed E-state index contributed by atoms with van der Waals surface area (Å²) in [5.41, 5.74) is 0.219. The van der Waals surface area contributed by atoms with E-state index in [1.165, 1.54) is 12.1 Å². The Balaban J connectivity index is 2.00. The van der Waals surface area contributed by atoms with Gasteiger partial charge in [0.2, 0.25) is 0 Å². The van der Waals surface area contributed by atoms with Gasteiger partial charge in [-0.05, 0) is 30.3 Å². The predicted molar refractivity (Wildman–Crippen MR) is 118 cm³/mol. The van der Waals surface area contributed by atoms with E-state index >= 15 is 0 Å². The molecule has 0 radical (unpaired) electrons. The molecule has 1 aliphatic heterocycles. The number of amides is 1. The third-order valence-corrected chi connectivity index (χ3v) is 5.33. The Bertz CT molecular complexity index is 1080. The monoisotopic (exact) mass is 441 g/mol. The topological polar surface area (TPSA) is 104 Å². The highest BCUT2D eigenvalue weighted by Gasteiger charge is 2.34. The first kappa shape index (κ1) is 21.3. The van der Waals surface area contributed by atoms with E-state index in [9.17, 15) is 24.6 Å². The largest absolute Gasteiger partial charge is 0.489 e. The van der Waals surface area contributed by atoms with Crippen LogP contribution in [-0.4, -0.2) is 39.0 Å². The minimum absolute atomic E-state index is 0.0781. The number of anilines is 1. The van der Waals surface area contributed by atoms with Crippen LogP contribution in [0.1, 0.15) is 26.3 Å². The Morgan fingerprint density at radius 1 is 1.13 bits per heavy atom. The van der Waals surface area contributed by atoms with Gasteiger partial charge < -0.3 is 14.9 Å². The number of thioether (sulfide) groups is 1. The van der Waals surface area contributed by atoms with E-state index < -0.39 is 17.8 Å². The maximum atomic E-state index is 13.0. The number of ether oxygens (including phenoxy) is 1. The van der Waals surface area contributed by atoms with E-state index in [-0.39, 0.29) is 21.1 Å². The lowest BCUT2D eigenvalue weighted by Crippen LogP contribution is -2.28. The number of carboxylic acids is 2. The summed E-state index contributed by atoms with van der Waals surface area (Å²) >= 11 is 6.33. The number of carbonyl (C=O) groups excluding carboxylic acids is 1. The molecule has 7 nitrogen and oxygen atoms in total. The van der Waals surface area contributed by atoms with Crippen molar-refractivity contribution in [1.29, 1.82) is 0 Å². The molecule has 1 heterocycles. The van der Waals surface area contributed by atoms with Gasteiger partial charge in [-0.1, -0.05) is 54.8 Å². The molecule has 1 amide bonds. The second-order valence-electron chi connectivity index (χ2n) is 6.03. The SMILES string of the molecule is C=CCOc1ccccc1/C=C1\SC(=S)N(c2cc(C(=O)O)cc(C(=O)O)c2)C1=O. The highest BCUT2D eigenvalue weighted by atomic mass is 32.2. The van der Waals surface area contributed by atoms with E-state index in [0.717, 1.165) is 22.7 Å². The molecular weight excluding hydrogens is 426 g/mol. The molecule has 0 spiro atoms. The summed E-state index contributed by atoms with van der Waals surface area (Å²) in [6.45, 7) is 3.90. The Morgan fingerprint density at radius 2 is 1.77 bits per heavy atom. The zero-order valence-electron chi connectivity index (χ0n) is 15.4. The van der Waals surface area contributed by atoms with Gasteiger partial charge >= 0.3 is 11.9 Å². The van der Waals surface area contributed by atoms with Crippen molar-refractivity contribution >= 4 is 57.9 Å². The Labute approximate surface area is 181 Å². The minimum Gasteiger partial charge on any atom is -0.489 e. The average Bonchev–Trinajstić information content (AvgIpc) is 2.99. The smallest absolute Gasteiger partial charge is 0.335 e. The number of nitrogens with zero attached hydrogens (tertiary/aromatic N) is 1. The second kappa shape index (κ2) is 8.93. The fourth-order valence-electron chi connectivity index (χ4n) is 2.70. The molecule has 1 fully saturated rings. The molecule has 30 heavy (non-hydrogen) atoms. The molecular formula is C21H15NO6S2. The number of carboxylic acid groups (broad SMARTS) is 2. The van der Waals surface area contributed by atoms with Gasteiger partial charge in [0.25, 0.3) is 5.91 Å². The summed E-state index contributed by atoms with van der Waals surface area (Å²) in [4.78, 5) is 37.2. The Morgan fingerprint density at radius 3 is 2.37 bits per heavy atom. The first-order valence-corrected chi connectivity index (χ1v) is 9.76. The number of thiocarbonyl (C=S) groups is 1. The number of hydrogen-bond acceptors (Lipinski definition) is 6. The summed E-state index contributed by atoms with van der Waals surface area (Å²) in [7, 11) is 0. The molecule has 0 aromatic heterocycles. The zero-order chi connectivity index (χ0) is 21.8. The lowest BCUT2D eigenvalue weighted by atomic mass is 10.1. The van der Waals surface area contributed by atoms with Crippen molar-refractivity contribution in [1.82, 2.24) is 0 Å². The fourth-order valence-corrected chi connectivity index (χ4v) is 3.99. The standard InChI is InChI=1S/C21H15NO6S2/c1-2-7-28-16-6-4-3-5-12(16)11-17-18(23)22(21(29)30-17)15-9-13(19(24)25)8-14(10-15)20(26)27/h2-6,8-11H,1,7H2,(H,24,25)(H,26,27)/b17-11-. The molecule has 1 saturated heterocycles. The van der Waals surface area contributed by atoms with Gasteiger partial charge in [0.15, 0.2) is 4.32 Å². The molecule has 0 bridgehead atoms. The summed E-state index contributed by atoms with van der Waals surface area (Å²) in [6.07, 6.45) is 3.22. The third-order valence-electron chi connectivity index (χ3n) is 4.03. The molecule has 2 aromatic carbocycles. The average molecular weight is 441 g/mol. The number of carbonyl (C=O) groups is 3. The van der Waals surface area contributed by atoms with Crippen LogP contribution in [0.25, 0.3) is 6.08 Å². The van der Waals surface area contributed by atoms with Crippen LogP contribution in [0.4, 0.5) is 5.69 Å². The molecule has 0 saturated carbocycles. The molecule has 1 aliphatic rings. The van der Waals surface area contributed by atoms with Crippen molar-refractivity contribution in [3.05, 3.63) is 76.7 Å². The third kappa shape index (κ3) is 4.42. The van der Waals surface area contributed by atoms with Gasteiger partial charge in [-0.25, -0.2) is 9.59 Å². The summed E-state index contributed by atoms with van der Waals surface area (Å²) < 4.78 is 5.76. The molecule has 0 aliphatic carbocycles. The lowest BCUT2D eigenvalue weighted by Gasteiger charge is -2.16. The van der Waals surface area contributed by atoms with Gasteiger partial charge in [-0.2, -0.15) is 0 Å². The molecule has 152 valence electrons. The first-order chi connectivity index (χ1) is 14.3. The van der Waals surface area contributed by atoms with Gasteiger partial charge in [-0.3, -0.25) is 9.69 Å². The summed E-state index contributed by atoms with van der Waals surface area (Å²) in [5, 5.41) is 18.5. The van der Waals surface area contributed by atoms with Gasteiger partial charge in [0.05, 0.1) is 21.7 Å². The van der Waals surface area contributed by atoms with Crippen LogP contribution < -0.4 is 9.64 Å². The van der Waals surface area contributed by atoms with Crippen LogP contribution in [0.5, 0.6) is 5.75 Å². The van der Waals surface area contributed by atoms with Crippen molar-refractivity contribution in [3.63, 3.8) is 0 Å². The molecule has 2 N–H and O–H groups in total. The summed E-state index contributed by atoms with van der Waals surface area (Å²) in [5.74, 6) is -2.55. The molecule has 3 rings (SSSR count). The Hall–Kier alpha value is -3.43. The Kier molecular flexibility index (Phi) is 6.34. The highest BCUT2D eigenvalue weighted by Crippen LogP contribution is 2.37. The maximum Gasteiger partial charge on any atom is 0.335 e. The van der Waals surface area contributed by atoms with Crippen molar-refractivity contribution in [2.24, 2.45) is 0 Å². The van der Waals surface area contributed by atoms with E-state index in [1.54, 1.807) is 36.4 Å². The van der Waals surface area contributed by atoms with Crippen LogP contribution in [0.3, 0.4) is 0 Å². The molecule has 2 aromatic rings. The molecule has 0 atom stereocenters. The van der Waals surface area contributed by atoms with Gasteiger partial charge in [-0.15, -0.1) is 0 Å². The van der Waals surface area contributed by atoms with Gasteiger partial charge in [0, 0.05) is 5.56 Å². The lowest BCUT2D eigenvalue weighted by molar-refractivity contribution is -0.113. The van der Waals surface area contributed by atoms with Crippen LogP contribution in [0.2, 0.25) is 0 Å². The number of para-hydroxylation sites is 1. The van der Waals surface area contributed by atoms with E-state index in [2.05, 4.69) is 6.58 Å². The van der Waals surface area contributed by atoms with Crippen LogP contribution >= 0.6 is 24.0 Å². The van der Waals surface area contributed by atoms with Crippen molar-refractivity contribution < 1.29 is 29.3 Å². The quantitative estimate of drug-likeness (QED) is 0.377. The first-order valence-electron chi connectivity index (χ1n) is 8.54. The van der Waals surface area contributed by atoms with Gasteiger partial charge in [0.1, 0.15) is 12.4 Å².